The number of rotatable bonds is 3. The van der Waals surface area contributed by atoms with Gasteiger partial charge in [0.05, 0.1) is 6.54 Å². The molecule has 1 aromatic carbocycles. The number of aryl methyl sites for hydroxylation is 1. The monoisotopic (exact) mass is 232 g/mol. The molecule has 0 aliphatic heterocycles. The highest BCUT2D eigenvalue weighted by atomic mass is 19.1. The maximum absolute atomic E-state index is 13.1. The zero-order chi connectivity index (χ0) is 11.7. The highest BCUT2D eigenvalue weighted by Crippen LogP contribution is 2.31. The number of aromatic nitrogens is 3. The van der Waals surface area contributed by atoms with Crippen molar-refractivity contribution in [3.63, 3.8) is 0 Å². The van der Waals surface area contributed by atoms with E-state index < -0.39 is 0 Å². The van der Waals surface area contributed by atoms with Crippen LogP contribution in [0.3, 0.4) is 0 Å². The highest BCUT2D eigenvalue weighted by molar-refractivity contribution is 5.34. The van der Waals surface area contributed by atoms with Crippen molar-refractivity contribution in [3.05, 3.63) is 47.3 Å². The third-order valence-corrected chi connectivity index (χ3v) is 3.16. The van der Waals surface area contributed by atoms with Crippen LogP contribution in [0.15, 0.2) is 24.5 Å². The van der Waals surface area contributed by atoms with E-state index in [9.17, 15) is 4.39 Å². The Morgan fingerprint density at radius 3 is 3.24 bits per heavy atom. The van der Waals surface area contributed by atoms with Gasteiger partial charge < -0.3 is 5.32 Å². The summed E-state index contributed by atoms with van der Waals surface area (Å²) in [6.07, 6.45) is 3.43. The second kappa shape index (κ2) is 4.25. The second-order valence-corrected chi connectivity index (χ2v) is 4.25. The highest BCUT2D eigenvalue weighted by Gasteiger charge is 2.22. The van der Waals surface area contributed by atoms with Crippen molar-refractivity contribution < 1.29 is 4.39 Å². The van der Waals surface area contributed by atoms with Gasteiger partial charge in [-0.1, -0.05) is 6.07 Å². The molecule has 2 aromatic rings. The normalized spacial score (nSPS) is 18.3. The summed E-state index contributed by atoms with van der Waals surface area (Å²) in [6, 6.07) is 5.31. The van der Waals surface area contributed by atoms with E-state index >= 15 is 0 Å². The molecule has 1 aliphatic carbocycles. The molecule has 5 heteroatoms. The van der Waals surface area contributed by atoms with Crippen LogP contribution in [0.4, 0.5) is 4.39 Å². The van der Waals surface area contributed by atoms with Crippen molar-refractivity contribution >= 4 is 0 Å². The van der Waals surface area contributed by atoms with Gasteiger partial charge >= 0.3 is 0 Å². The molecule has 1 atom stereocenters. The number of hydrogen-bond donors (Lipinski definition) is 2. The molecule has 3 rings (SSSR count). The van der Waals surface area contributed by atoms with Gasteiger partial charge in [0, 0.05) is 6.04 Å². The Morgan fingerprint density at radius 2 is 2.41 bits per heavy atom. The summed E-state index contributed by atoms with van der Waals surface area (Å²) in [5.41, 5.74) is 2.31. The Kier molecular flexibility index (Phi) is 2.60. The predicted molar refractivity (Wildman–Crippen MR) is 60.7 cm³/mol. The summed E-state index contributed by atoms with van der Waals surface area (Å²) < 4.78 is 13.1. The number of aromatic amines is 1. The number of nitrogens with zero attached hydrogens (tertiary/aromatic N) is 2. The van der Waals surface area contributed by atoms with Crippen LogP contribution in [0.1, 0.15) is 29.4 Å². The molecule has 0 amide bonds. The summed E-state index contributed by atoms with van der Waals surface area (Å²) in [5.74, 6) is 0.667. The van der Waals surface area contributed by atoms with E-state index in [-0.39, 0.29) is 11.9 Å². The third kappa shape index (κ3) is 2.06. The quantitative estimate of drug-likeness (QED) is 0.847. The zero-order valence-corrected chi connectivity index (χ0v) is 9.28. The van der Waals surface area contributed by atoms with Crippen LogP contribution in [0, 0.1) is 5.82 Å². The predicted octanol–water partition coefficient (Wildman–Crippen LogP) is 1.72. The van der Waals surface area contributed by atoms with E-state index in [0.29, 0.717) is 6.54 Å². The Labute approximate surface area is 98.3 Å². The topological polar surface area (TPSA) is 53.6 Å². The Hall–Kier alpha value is -1.75. The van der Waals surface area contributed by atoms with E-state index in [1.54, 1.807) is 6.07 Å². The zero-order valence-electron chi connectivity index (χ0n) is 9.28. The molecule has 4 nitrogen and oxygen atoms in total. The first kappa shape index (κ1) is 10.4. The number of hydrogen-bond acceptors (Lipinski definition) is 3. The summed E-state index contributed by atoms with van der Waals surface area (Å²) in [4.78, 5) is 4.06. The van der Waals surface area contributed by atoms with E-state index in [0.717, 1.165) is 24.2 Å². The molecular weight excluding hydrogens is 219 g/mol. The lowest BCUT2D eigenvalue weighted by Crippen LogP contribution is -2.19. The average molecular weight is 232 g/mol. The minimum Gasteiger partial charge on any atom is -0.303 e. The summed E-state index contributed by atoms with van der Waals surface area (Å²) in [6.45, 7) is 0.654. The molecule has 1 aliphatic rings. The molecule has 0 spiro atoms. The Balaban J connectivity index is 1.71. The molecule has 0 saturated carbocycles. The summed E-state index contributed by atoms with van der Waals surface area (Å²) in [5, 5.41) is 10.0. The minimum atomic E-state index is -0.153. The lowest BCUT2D eigenvalue weighted by atomic mass is 10.1. The van der Waals surface area contributed by atoms with Gasteiger partial charge in [-0.05, 0) is 36.1 Å². The number of H-pyrrole nitrogens is 1. The van der Waals surface area contributed by atoms with Crippen LogP contribution >= 0.6 is 0 Å². The van der Waals surface area contributed by atoms with E-state index in [4.69, 9.17) is 0 Å². The van der Waals surface area contributed by atoms with Crippen LogP contribution in [0.5, 0.6) is 0 Å². The standard InChI is InChI=1S/C12H13FN4/c13-9-2-3-10-8(5-9)1-4-11(10)14-6-12-15-7-16-17-12/h2-3,5,7,11,14H,1,4,6H2,(H,15,16,17). The molecule has 17 heavy (non-hydrogen) atoms. The number of nitrogens with one attached hydrogen (secondary N) is 2. The molecule has 0 fully saturated rings. The van der Waals surface area contributed by atoms with E-state index in [1.165, 1.54) is 18.0 Å². The maximum atomic E-state index is 13.1. The molecular formula is C12H13FN4. The van der Waals surface area contributed by atoms with Crippen LogP contribution in [-0.2, 0) is 13.0 Å². The SMILES string of the molecule is Fc1ccc2c(c1)CCC2NCc1ncn[nH]1. The largest absolute Gasteiger partial charge is 0.303 e. The van der Waals surface area contributed by atoms with Gasteiger partial charge in [-0.3, -0.25) is 5.10 Å². The van der Waals surface area contributed by atoms with Gasteiger partial charge in [0.2, 0.25) is 0 Å². The van der Waals surface area contributed by atoms with Crippen molar-refractivity contribution in [3.8, 4) is 0 Å². The van der Waals surface area contributed by atoms with Gasteiger partial charge in [-0.2, -0.15) is 5.10 Å². The number of halogens is 1. The molecule has 1 aromatic heterocycles. The lowest BCUT2D eigenvalue weighted by Gasteiger charge is -2.12. The summed E-state index contributed by atoms with van der Waals surface area (Å²) >= 11 is 0. The van der Waals surface area contributed by atoms with Crippen LogP contribution < -0.4 is 5.32 Å². The first-order valence-corrected chi connectivity index (χ1v) is 5.69. The van der Waals surface area contributed by atoms with Gasteiger partial charge in [0.1, 0.15) is 18.0 Å². The molecule has 88 valence electrons. The lowest BCUT2D eigenvalue weighted by molar-refractivity contribution is 0.519. The molecule has 0 bridgehead atoms. The number of benzene rings is 1. The van der Waals surface area contributed by atoms with E-state index in [1.807, 2.05) is 6.07 Å². The van der Waals surface area contributed by atoms with Crippen molar-refractivity contribution in [2.45, 2.75) is 25.4 Å². The van der Waals surface area contributed by atoms with Gasteiger partial charge in [-0.15, -0.1) is 0 Å². The van der Waals surface area contributed by atoms with Crippen molar-refractivity contribution in [1.29, 1.82) is 0 Å². The van der Waals surface area contributed by atoms with Gasteiger partial charge in [0.15, 0.2) is 0 Å². The minimum absolute atomic E-state index is 0.153. The van der Waals surface area contributed by atoms with Crippen molar-refractivity contribution in [2.24, 2.45) is 0 Å². The molecule has 1 unspecified atom stereocenters. The van der Waals surface area contributed by atoms with E-state index in [2.05, 4.69) is 20.5 Å². The smallest absolute Gasteiger partial charge is 0.138 e. The molecule has 0 radical (unpaired) electrons. The van der Waals surface area contributed by atoms with Crippen LogP contribution in [-0.4, -0.2) is 15.2 Å². The second-order valence-electron chi connectivity index (χ2n) is 4.25. The van der Waals surface area contributed by atoms with Crippen LogP contribution in [0.25, 0.3) is 0 Å². The fourth-order valence-corrected chi connectivity index (χ4v) is 2.33. The maximum Gasteiger partial charge on any atom is 0.138 e. The fourth-order valence-electron chi connectivity index (χ4n) is 2.33. The molecule has 2 N–H and O–H groups in total. The Bertz CT molecular complexity index is 509. The first-order chi connectivity index (χ1) is 8.33. The van der Waals surface area contributed by atoms with Gasteiger partial charge in [0.25, 0.3) is 0 Å². The Morgan fingerprint density at radius 1 is 1.47 bits per heavy atom. The third-order valence-electron chi connectivity index (χ3n) is 3.16. The van der Waals surface area contributed by atoms with Crippen molar-refractivity contribution in [1.82, 2.24) is 20.5 Å². The molecule has 1 heterocycles. The molecule has 0 saturated heterocycles. The van der Waals surface area contributed by atoms with Crippen molar-refractivity contribution in [2.75, 3.05) is 0 Å². The average Bonchev–Trinajstić information content (AvgIpc) is 2.94. The first-order valence-electron chi connectivity index (χ1n) is 5.69. The number of fused-ring (bicyclic) bond motifs is 1. The fraction of sp³-hybridized carbons (Fsp3) is 0.333. The summed E-state index contributed by atoms with van der Waals surface area (Å²) in [7, 11) is 0. The van der Waals surface area contributed by atoms with Crippen LogP contribution in [0.2, 0.25) is 0 Å². The van der Waals surface area contributed by atoms with Gasteiger partial charge in [-0.25, -0.2) is 9.37 Å².